The first-order valence-corrected chi connectivity index (χ1v) is 11.2. The van der Waals surface area contributed by atoms with E-state index in [9.17, 15) is 9.18 Å². The van der Waals surface area contributed by atoms with Gasteiger partial charge in [-0.3, -0.25) is 10.1 Å². The molecule has 0 aliphatic rings. The molecule has 0 fully saturated rings. The first-order chi connectivity index (χ1) is 15.3. The van der Waals surface area contributed by atoms with Crippen LogP contribution in [0.25, 0.3) is 22.2 Å². The Labute approximate surface area is 189 Å². The number of hydrogen-bond acceptors (Lipinski definition) is 5. The number of benzene rings is 2. The molecule has 8 heteroatoms. The molecule has 0 bridgehead atoms. The number of amides is 1. The van der Waals surface area contributed by atoms with E-state index in [1.165, 1.54) is 23.5 Å². The van der Waals surface area contributed by atoms with Crippen LogP contribution >= 0.6 is 11.3 Å². The Bertz CT molecular complexity index is 1270. The second-order valence-corrected chi connectivity index (χ2v) is 9.29. The van der Waals surface area contributed by atoms with E-state index in [1.54, 1.807) is 28.5 Å². The maximum Gasteiger partial charge on any atom is 0.236 e. The maximum absolute atomic E-state index is 13.3. The Morgan fingerprint density at radius 1 is 1.19 bits per heavy atom. The SMILES string of the molecule is CC(C)/C=C(\c1ccc2c(cnn2-c2ccc(F)cc2)c1)C(C)(C)C(=O)Nc1nncs1. The lowest BCUT2D eigenvalue weighted by Crippen LogP contribution is -2.32. The van der Waals surface area contributed by atoms with Crippen molar-refractivity contribution < 1.29 is 9.18 Å². The van der Waals surface area contributed by atoms with Gasteiger partial charge in [-0.15, -0.1) is 10.2 Å². The largest absolute Gasteiger partial charge is 0.300 e. The minimum atomic E-state index is -0.809. The van der Waals surface area contributed by atoms with E-state index < -0.39 is 5.41 Å². The van der Waals surface area contributed by atoms with E-state index in [-0.39, 0.29) is 17.6 Å². The van der Waals surface area contributed by atoms with Gasteiger partial charge in [0.1, 0.15) is 11.3 Å². The van der Waals surface area contributed by atoms with Crippen LogP contribution in [0.1, 0.15) is 33.3 Å². The van der Waals surface area contributed by atoms with Gasteiger partial charge in [-0.05, 0) is 67.3 Å². The van der Waals surface area contributed by atoms with Gasteiger partial charge >= 0.3 is 0 Å². The minimum Gasteiger partial charge on any atom is -0.300 e. The third-order valence-corrected chi connectivity index (χ3v) is 5.88. The molecule has 32 heavy (non-hydrogen) atoms. The molecular formula is C24H24FN5OS. The standard InChI is InChI=1S/C24H24FN5OS/c1-15(2)11-20(24(3,4)22(31)28-23-29-26-14-32-23)16-5-10-21-17(12-16)13-27-30(21)19-8-6-18(25)7-9-19/h5-15H,1-4H3,(H,28,29,31)/b20-11+. The van der Waals surface area contributed by atoms with E-state index in [4.69, 9.17) is 0 Å². The van der Waals surface area contributed by atoms with Crippen LogP contribution in [0.4, 0.5) is 9.52 Å². The van der Waals surface area contributed by atoms with Gasteiger partial charge < -0.3 is 0 Å². The van der Waals surface area contributed by atoms with Crippen LogP contribution in [-0.2, 0) is 4.79 Å². The molecule has 2 heterocycles. The predicted octanol–water partition coefficient (Wildman–Crippen LogP) is 5.72. The fourth-order valence-corrected chi connectivity index (χ4v) is 4.03. The Kier molecular flexibility index (Phi) is 5.88. The van der Waals surface area contributed by atoms with Crippen LogP contribution in [0.3, 0.4) is 0 Å². The van der Waals surface area contributed by atoms with E-state index in [0.29, 0.717) is 5.13 Å². The summed E-state index contributed by atoms with van der Waals surface area (Å²) in [4.78, 5) is 13.1. The van der Waals surface area contributed by atoms with Crippen molar-refractivity contribution in [3.63, 3.8) is 0 Å². The first-order valence-electron chi connectivity index (χ1n) is 10.3. The number of halogens is 1. The summed E-state index contributed by atoms with van der Waals surface area (Å²) in [5, 5.41) is 16.5. The highest BCUT2D eigenvalue weighted by molar-refractivity contribution is 7.13. The number of fused-ring (bicyclic) bond motifs is 1. The zero-order valence-electron chi connectivity index (χ0n) is 18.3. The third-order valence-electron chi connectivity index (χ3n) is 5.27. The van der Waals surface area contributed by atoms with Gasteiger partial charge in [-0.25, -0.2) is 9.07 Å². The molecule has 1 amide bonds. The molecule has 6 nitrogen and oxygen atoms in total. The molecule has 0 aliphatic carbocycles. The zero-order valence-corrected chi connectivity index (χ0v) is 19.2. The van der Waals surface area contributed by atoms with Crippen LogP contribution < -0.4 is 5.32 Å². The zero-order chi connectivity index (χ0) is 22.9. The highest BCUT2D eigenvalue weighted by Gasteiger charge is 2.34. The average Bonchev–Trinajstić information content (AvgIpc) is 3.41. The van der Waals surface area contributed by atoms with Crippen molar-refractivity contribution in [2.45, 2.75) is 27.7 Å². The number of aromatic nitrogens is 4. The molecule has 4 aromatic rings. The lowest BCUT2D eigenvalue weighted by atomic mass is 9.78. The molecule has 2 aromatic heterocycles. The molecule has 0 atom stereocenters. The van der Waals surface area contributed by atoms with Crippen LogP contribution in [0.15, 0.2) is 60.2 Å². The van der Waals surface area contributed by atoms with Crippen molar-refractivity contribution >= 4 is 38.9 Å². The predicted molar refractivity (Wildman–Crippen MR) is 126 cm³/mol. The smallest absolute Gasteiger partial charge is 0.236 e. The molecule has 164 valence electrons. The van der Waals surface area contributed by atoms with E-state index in [0.717, 1.165) is 27.7 Å². The Morgan fingerprint density at radius 2 is 1.94 bits per heavy atom. The Morgan fingerprint density at radius 3 is 2.59 bits per heavy atom. The summed E-state index contributed by atoms with van der Waals surface area (Å²) in [6.07, 6.45) is 3.90. The summed E-state index contributed by atoms with van der Waals surface area (Å²) >= 11 is 1.28. The number of carbonyl (C=O) groups excluding carboxylic acids is 1. The lowest BCUT2D eigenvalue weighted by molar-refractivity contribution is -0.121. The quantitative estimate of drug-likeness (QED) is 0.409. The molecule has 0 radical (unpaired) electrons. The van der Waals surface area contributed by atoms with Gasteiger partial charge in [-0.1, -0.05) is 37.3 Å². The molecule has 0 unspecified atom stereocenters. The number of anilines is 1. The first kappa shape index (κ1) is 21.8. The van der Waals surface area contributed by atoms with Crippen molar-refractivity contribution in [2.24, 2.45) is 11.3 Å². The number of allylic oxidation sites excluding steroid dienone is 1. The molecule has 0 spiro atoms. The van der Waals surface area contributed by atoms with Crippen LogP contribution in [0.2, 0.25) is 0 Å². The Balaban J connectivity index is 1.73. The van der Waals surface area contributed by atoms with Crippen molar-refractivity contribution in [1.29, 1.82) is 0 Å². The second-order valence-electron chi connectivity index (χ2n) is 8.45. The monoisotopic (exact) mass is 449 g/mol. The normalized spacial score (nSPS) is 12.5. The number of carbonyl (C=O) groups is 1. The third kappa shape index (κ3) is 4.31. The Hall–Kier alpha value is -3.39. The van der Waals surface area contributed by atoms with Crippen LogP contribution in [-0.4, -0.2) is 25.9 Å². The van der Waals surface area contributed by atoms with Crippen LogP contribution in [0, 0.1) is 17.2 Å². The summed E-state index contributed by atoms with van der Waals surface area (Å²) in [6.45, 7) is 7.99. The number of hydrogen-bond donors (Lipinski definition) is 1. The molecule has 1 N–H and O–H groups in total. The average molecular weight is 450 g/mol. The van der Waals surface area contributed by atoms with Crippen molar-refractivity contribution in [3.05, 3.63) is 71.6 Å². The number of nitrogens with zero attached hydrogens (tertiary/aromatic N) is 4. The molecule has 0 aliphatic heterocycles. The van der Waals surface area contributed by atoms with Gasteiger partial charge in [0, 0.05) is 5.39 Å². The summed E-state index contributed by atoms with van der Waals surface area (Å²) < 4.78 is 15.1. The molecular weight excluding hydrogens is 425 g/mol. The maximum atomic E-state index is 13.3. The van der Waals surface area contributed by atoms with E-state index >= 15 is 0 Å². The fourth-order valence-electron chi connectivity index (χ4n) is 3.59. The van der Waals surface area contributed by atoms with Crippen molar-refractivity contribution in [2.75, 3.05) is 5.32 Å². The molecule has 2 aromatic carbocycles. The topological polar surface area (TPSA) is 72.7 Å². The van der Waals surface area contributed by atoms with Crippen LogP contribution in [0.5, 0.6) is 0 Å². The number of nitrogens with one attached hydrogen (secondary N) is 1. The van der Waals surface area contributed by atoms with Crippen molar-refractivity contribution in [3.8, 4) is 5.69 Å². The van der Waals surface area contributed by atoms with Gasteiger partial charge in [0.05, 0.1) is 22.8 Å². The van der Waals surface area contributed by atoms with Gasteiger partial charge in [0.25, 0.3) is 0 Å². The summed E-state index contributed by atoms with van der Waals surface area (Å²) in [6, 6.07) is 12.2. The minimum absolute atomic E-state index is 0.150. The highest BCUT2D eigenvalue weighted by atomic mass is 32.1. The number of rotatable bonds is 6. The van der Waals surface area contributed by atoms with E-state index in [2.05, 4.69) is 40.5 Å². The van der Waals surface area contributed by atoms with Gasteiger partial charge in [0.2, 0.25) is 11.0 Å². The highest BCUT2D eigenvalue weighted by Crippen LogP contribution is 2.38. The molecule has 0 saturated heterocycles. The second kappa shape index (κ2) is 8.63. The van der Waals surface area contributed by atoms with Gasteiger partial charge in [-0.2, -0.15) is 5.10 Å². The molecule has 4 rings (SSSR count). The summed E-state index contributed by atoms with van der Waals surface area (Å²) in [7, 11) is 0. The van der Waals surface area contributed by atoms with Gasteiger partial charge in [0.15, 0.2) is 0 Å². The summed E-state index contributed by atoms with van der Waals surface area (Å²) in [5.41, 5.74) is 4.33. The summed E-state index contributed by atoms with van der Waals surface area (Å²) in [5.74, 6) is -0.190. The van der Waals surface area contributed by atoms with E-state index in [1.807, 2.05) is 32.0 Å². The lowest BCUT2D eigenvalue weighted by Gasteiger charge is -2.28. The molecule has 0 saturated carbocycles. The fraction of sp³-hybridized carbons (Fsp3) is 0.250. The van der Waals surface area contributed by atoms with Crippen molar-refractivity contribution in [1.82, 2.24) is 20.0 Å².